The van der Waals surface area contributed by atoms with E-state index in [0.717, 1.165) is 41.4 Å². The van der Waals surface area contributed by atoms with Crippen LogP contribution in [0.2, 0.25) is 5.02 Å². The first-order valence-corrected chi connectivity index (χ1v) is 14.0. The molecule has 1 aliphatic heterocycles. The van der Waals surface area contributed by atoms with E-state index >= 15 is 0 Å². The Labute approximate surface area is 203 Å². The molecule has 1 amide bonds. The topological polar surface area (TPSA) is 71.7 Å². The number of halogens is 1. The van der Waals surface area contributed by atoms with Crippen LogP contribution in [-0.2, 0) is 21.2 Å². The highest BCUT2D eigenvalue weighted by Gasteiger charge is 2.24. The van der Waals surface area contributed by atoms with Crippen LogP contribution in [0.1, 0.15) is 25.7 Å². The molecule has 1 saturated heterocycles. The van der Waals surface area contributed by atoms with Gasteiger partial charge in [-0.3, -0.25) is 9.79 Å². The molecule has 2 aromatic carbocycles. The quantitative estimate of drug-likeness (QED) is 0.478. The zero-order valence-corrected chi connectivity index (χ0v) is 21.0. The zero-order chi connectivity index (χ0) is 23.4. The third-order valence-electron chi connectivity index (χ3n) is 6.31. The number of likely N-dealkylation sites (tertiary alicyclic amines) is 1. The smallest absolute Gasteiger partial charge is 0.223 e. The standard InChI is InChI=1S/C24H28ClN3O3S2/c1-26-24-28(13-14-32-24)12-8-18-6-10-27(11-7-18)23(29)9-15-33(30,31)22-5-3-19-16-21(25)4-2-20(19)17-22/h2-5,13-14,16-18H,6-12,15H2,1H3. The number of hydrogen-bond donors (Lipinski definition) is 0. The number of piperidine rings is 1. The summed E-state index contributed by atoms with van der Waals surface area (Å²) in [6, 6.07) is 10.3. The molecule has 3 aromatic rings. The highest BCUT2D eigenvalue weighted by atomic mass is 35.5. The fraction of sp³-hybridized carbons (Fsp3) is 0.417. The number of nitrogens with zero attached hydrogens (tertiary/aromatic N) is 3. The Bertz CT molecular complexity index is 1310. The third kappa shape index (κ3) is 5.86. The van der Waals surface area contributed by atoms with Gasteiger partial charge in [0.15, 0.2) is 14.6 Å². The molecule has 0 unspecified atom stereocenters. The van der Waals surface area contributed by atoms with Gasteiger partial charge in [-0.15, -0.1) is 11.3 Å². The maximum atomic E-state index is 12.8. The lowest BCUT2D eigenvalue weighted by molar-refractivity contribution is -0.132. The van der Waals surface area contributed by atoms with E-state index in [-0.39, 0.29) is 23.0 Å². The van der Waals surface area contributed by atoms with Gasteiger partial charge in [0.25, 0.3) is 0 Å². The average molecular weight is 506 g/mol. The van der Waals surface area contributed by atoms with Crippen molar-refractivity contribution in [1.82, 2.24) is 9.47 Å². The van der Waals surface area contributed by atoms with Crippen molar-refractivity contribution in [2.24, 2.45) is 10.9 Å². The maximum Gasteiger partial charge on any atom is 0.223 e. The van der Waals surface area contributed by atoms with Gasteiger partial charge in [-0.1, -0.05) is 23.7 Å². The molecular weight excluding hydrogens is 478 g/mol. The van der Waals surface area contributed by atoms with E-state index in [0.29, 0.717) is 24.0 Å². The Kier molecular flexibility index (Phi) is 7.56. The molecule has 6 nitrogen and oxygen atoms in total. The molecule has 1 fully saturated rings. The molecule has 33 heavy (non-hydrogen) atoms. The van der Waals surface area contributed by atoms with E-state index in [2.05, 4.69) is 15.8 Å². The highest BCUT2D eigenvalue weighted by molar-refractivity contribution is 7.91. The summed E-state index contributed by atoms with van der Waals surface area (Å²) in [6.07, 6.45) is 5.05. The van der Waals surface area contributed by atoms with Crippen molar-refractivity contribution in [3.05, 3.63) is 57.8 Å². The van der Waals surface area contributed by atoms with Crippen molar-refractivity contribution in [3.8, 4) is 0 Å². The molecule has 9 heteroatoms. The fourth-order valence-electron chi connectivity index (χ4n) is 4.33. The van der Waals surface area contributed by atoms with Crippen molar-refractivity contribution < 1.29 is 13.2 Å². The van der Waals surface area contributed by atoms with Crippen LogP contribution in [0, 0.1) is 5.92 Å². The minimum Gasteiger partial charge on any atom is -0.343 e. The lowest BCUT2D eigenvalue weighted by Crippen LogP contribution is -2.39. The molecule has 0 atom stereocenters. The molecule has 1 aromatic heterocycles. The Hall–Kier alpha value is -2.16. The van der Waals surface area contributed by atoms with Gasteiger partial charge in [-0.2, -0.15) is 0 Å². The third-order valence-corrected chi connectivity index (χ3v) is 9.15. The molecule has 2 heterocycles. The maximum absolute atomic E-state index is 12.8. The van der Waals surface area contributed by atoms with Crippen LogP contribution in [0.3, 0.4) is 0 Å². The van der Waals surface area contributed by atoms with E-state index in [1.807, 2.05) is 17.3 Å². The highest BCUT2D eigenvalue weighted by Crippen LogP contribution is 2.25. The Balaban J connectivity index is 1.28. The van der Waals surface area contributed by atoms with Crippen molar-refractivity contribution in [3.63, 3.8) is 0 Å². The van der Waals surface area contributed by atoms with Gasteiger partial charge >= 0.3 is 0 Å². The molecule has 0 radical (unpaired) electrons. The minimum atomic E-state index is -3.54. The summed E-state index contributed by atoms with van der Waals surface area (Å²) in [5.41, 5.74) is 0. The van der Waals surface area contributed by atoms with Crippen LogP contribution in [0.15, 0.2) is 57.9 Å². The first kappa shape index (κ1) is 24.0. The normalized spacial score (nSPS) is 15.9. The summed E-state index contributed by atoms with van der Waals surface area (Å²) in [6.45, 7) is 2.32. The summed E-state index contributed by atoms with van der Waals surface area (Å²) < 4.78 is 27.8. The number of aryl methyl sites for hydroxylation is 1. The predicted octanol–water partition coefficient (Wildman–Crippen LogP) is 4.38. The first-order valence-electron chi connectivity index (χ1n) is 11.1. The van der Waals surface area contributed by atoms with Gasteiger partial charge in [-0.25, -0.2) is 8.42 Å². The molecule has 0 aliphatic carbocycles. The second-order valence-electron chi connectivity index (χ2n) is 8.44. The van der Waals surface area contributed by atoms with E-state index < -0.39 is 9.84 Å². The monoisotopic (exact) mass is 505 g/mol. The average Bonchev–Trinajstić information content (AvgIpc) is 3.29. The van der Waals surface area contributed by atoms with E-state index in [9.17, 15) is 13.2 Å². The number of thiazole rings is 1. The lowest BCUT2D eigenvalue weighted by Gasteiger charge is -2.32. The van der Waals surface area contributed by atoms with Crippen LogP contribution in [0.4, 0.5) is 0 Å². The second kappa shape index (κ2) is 10.4. The molecule has 176 valence electrons. The number of fused-ring (bicyclic) bond motifs is 1. The summed E-state index contributed by atoms with van der Waals surface area (Å²) in [7, 11) is -1.73. The van der Waals surface area contributed by atoms with Crippen molar-refractivity contribution in [2.75, 3.05) is 25.9 Å². The van der Waals surface area contributed by atoms with Crippen LogP contribution in [0.5, 0.6) is 0 Å². The number of amides is 1. The molecule has 4 rings (SSSR count). The van der Waals surface area contributed by atoms with Gasteiger partial charge < -0.3 is 9.47 Å². The molecule has 0 saturated carbocycles. The van der Waals surface area contributed by atoms with Crippen LogP contribution in [-0.4, -0.2) is 49.7 Å². The summed E-state index contributed by atoms with van der Waals surface area (Å²) in [4.78, 5) is 20.1. The SMILES string of the molecule is CN=c1sccn1CCC1CCN(C(=O)CCS(=O)(=O)c2ccc3cc(Cl)ccc3c2)CC1. The van der Waals surface area contributed by atoms with E-state index in [1.165, 1.54) is 0 Å². The van der Waals surface area contributed by atoms with Crippen LogP contribution >= 0.6 is 22.9 Å². The van der Waals surface area contributed by atoms with Gasteiger partial charge in [0.05, 0.1) is 10.6 Å². The summed E-state index contributed by atoms with van der Waals surface area (Å²) >= 11 is 7.64. The van der Waals surface area contributed by atoms with Crippen molar-refractivity contribution in [2.45, 2.75) is 37.1 Å². The van der Waals surface area contributed by atoms with E-state index in [1.54, 1.807) is 47.7 Å². The largest absolute Gasteiger partial charge is 0.343 e. The Morgan fingerprint density at radius 1 is 1.15 bits per heavy atom. The zero-order valence-electron chi connectivity index (χ0n) is 18.6. The lowest BCUT2D eigenvalue weighted by atomic mass is 9.93. The summed E-state index contributed by atoms with van der Waals surface area (Å²) in [5, 5.41) is 4.36. The number of carbonyl (C=O) groups is 1. The van der Waals surface area contributed by atoms with Gasteiger partial charge in [0.1, 0.15) is 0 Å². The number of benzene rings is 2. The number of rotatable bonds is 7. The first-order chi connectivity index (χ1) is 15.9. The molecule has 0 N–H and O–H groups in total. The molecular formula is C24H28ClN3O3S2. The van der Waals surface area contributed by atoms with Crippen LogP contribution in [0.25, 0.3) is 10.8 Å². The molecule has 0 bridgehead atoms. The minimum absolute atomic E-state index is 0.0117. The number of sulfone groups is 1. The van der Waals surface area contributed by atoms with Crippen molar-refractivity contribution in [1.29, 1.82) is 0 Å². The molecule has 0 spiro atoms. The second-order valence-corrected chi connectivity index (χ2v) is 11.9. The summed E-state index contributed by atoms with van der Waals surface area (Å²) in [5.74, 6) is 0.313. The fourth-order valence-corrected chi connectivity index (χ4v) is 6.49. The Morgan fingerprint density at radius 2 is 1.88 bits per heavy atom. The van der Waals surface area contributed by atoms with Gasteiger partial charge in [-0.05, 0) is 60.2 Å². The van der Waals surface area contributed by atoms with Gasteiger partial charge in [0, 0.05) is 49.7 Å². The number of carbonyl (C=O) groups excluding carboxylic acids is 1. The number of aromatic nitrogens is 1. The Morgan fingerprint density at radius 3 is 2.64 bits per heavy atom. The predicted molar refractivity (Wildman–Crippen MR) is 133 cm³/mol. The molecule has 1 aliphatic rings. The number of hydrogen-bond acceptors (Lipinski definition) is 5. The van der Waals surface area contributed by atoms with E-state index in [4.69, 9.17) is 11.6 Å². The van der Waals surface area contributed by atoms with Crippen LogP contribution < -0.4 is 4.80 Å². The van der Waals surface area contributed by atoms with Crippen molar-refractivity contribution >= 4 is 49.5 Å². The van der Waals surface area contributed by atoms with Gasteiger partial charge in [0.2, 0.25) is 5.91 Å².